The maximum Gasteiger partial charge on any atom is 0.339 e. The third-order valence-corrected chi connectivity index (χ3v) is 2.84. The molecule has 0 saturated carbocycles. The standard InChI is InChI=1S/C17H19NO2/c1-17(2,3)20-16(19)15-10-6-8-13-12(11-18-4)7-5-9-14(13)15/h5-11H,1-4H3. The molecule has 0 amide bonds. The van der Waals surface area contributed by atoms with E-state index in [2.05, 4.69) is 4.99 Å². The van der Waals surface area contributed by atoms with Crippen LogP contribution in [-0.2, 0) is 4.74 Å². The van der Waals surface area contributed by atoms with Gasteiger partial charge < -0.3 is 4.74 Å². The molecule has 3 heteroatoms. The van der Waals surface area contributed by atoms with E-state index in [1.807, 2.05) is 51.1 Å². The fourth-order valence-electron chi connectivity index (χ4n) is 2.10. The van der Waals surface area contributed by atoms with Crippen molar-refractivity contribution in [1.82, 2.24) is 0 Å². The summed E-state index contributed by atoms with van der Waals surface area (Å²) in [7, 11) is 1.73. The van der Waals surface area contributed by atoms with Crippen molar-refractivity contribution in [2.24, 2.45) is 4.99 Å². The van der Waals surface area contributed by atoms with Gasteiger partial charge in [-0.3, -0.25) is 4.99 Å². The van der Waals surface area contributed by atoms with Crippen LogP contribution in [0, 0.1) is 0 Å². The number of fused-ring (bicyclic) bond motifs is 1. The first-order chi connectivity index (χ1) is 9.42. The second kappa shape index (κ2) is 5.45. The van der Waals surface area contributed by atoms with E-state index in [4.69, 9.17) is 4.74 Å². The summed E-state index contributed by atoms with van der Waals surface area (Å²) in [5.74, 6) is -0.298. The number of nitrogens with zero attached hydrogens (tertiary/aromatic N) is 1. The molecule has 0 radical (unpaired) electrons. The Morgan fingerprint density at radius 1 is 1.10 bits per heavy atom. The molecule has 3 nitrogen and oxygen atoms in total. The highest BCUT2D eigenvalue weighted by Gasteiger charge is 2.19. The summed E-state index contributed by atoms with van der Waals surface area (Å²) >= 11 is 0. The van der Waals surface area contributed by atoms with Crippen molar-refractivity contribution < 1.29 is 9.53 Å². The Balaban J connectivity index is 2.56. The number of hydrogen-bond acceptors (Lipinski definition) is 3. The topological polar surface area (TPSA) is 38.7 Å². The number of ether oxygens (including phenoxy) is 1. The number of carbonyl (C=O) groups is 1. The molecular formula is C17H19NO2. The predicted octanol–water partition coefficient (Wildman–Crippen LogP) is 3.84. The third-order valence-electron chi connectivity index (χ3n) is 2.84. The normalized spacial score (nSPS) is 12.0. The lowest BCUT2D eigenvalue weighted by molar-refractivity contribution is 0.00719. The van der Waals surface area contributed by atoms with E-state index in [1.165, 1.54) is 0 Å². The number of aliphatic imine (C=N–C) groups is 1. The number of esters is 1. The molecule has 0 atom stereocenters. The smallest absolute Gasteiger partial charge is 0.339 e. The molecule has 104 valence electrons. The molecule has 0 aliphatic rings. The van der Waals surface area contributed by atoms with Crippen molar-refractivity contribution in [2.45, 2.75) is 26.4 Å². The number of hydrogen-bond donors (Lipinski definition) is 0. The molecule has 0 bridgehead atoms. The van der Waals surface area contributed by atoms with Gasteiger partial charge in [-0.15, -0.1) is 0 Å². The van der Waals surface area contributed by atoms with Crippen LogP contribution in [0.15, 0.2) is 41.4 Å². The molecule has 2 rings (SSSR count). The summed E-state index contributed by atoms with van der Waals surface area (Å²) in [5.41, 5.74) is 1.08. The van der Waals surface area contributed by atoms with Crippen molar-refractivity contribution in [3.63, 3.8) is 0 Å². The summed E-state index contributed by atoms with van der Waals surface area (Å²) in [4.78, 5) is 16.3. The van der Waals surface area contributed by atoms with Gasteiger partial charge in [0.1, 0.15) is 5.60 Å². The summed E-state index contributed by atoms with van der Waals surface area (Å²) in [5, 5.41) is 1.89. The van der Waals surface area contributed by atoms with E-state index in [0.29, 0.717) is 5.56 Å². The first-order valence-electron chi connectivity index (χ1n) is 6.59. The predicted molar refractivity (Wildman–Crippen MR) is 82.6 cm³/mol. The van der Waals surface area contributed by atoms with Crippen LogP contribution in [0.4, 0.5) is 0 Å². The number of rotatable bonds is 2. The molecule has 0 aliphatic heterocycles. The lowest BCUT2D eigenvalue weighted by atomic mass is 10.0. The van der Waals surface area contributed by atoms with Crippen molar-refractivity contribution in [3.05, 3.63) is 47.5 Å². The SMILES string of the molecule is CN=Cc1cccc2c(C(=O)OC(C)(C)C)cccc12. The molecule has 0 fully saturated rings. The van der Waals surface area contributed by atoms with E-state index in [0.717, 1.165) is 16.3 Å². The molecule has 0 N–H and O–H groups in total. The fraction of sp³-hybridized carbons (Fsp3) is 0.294. The van der Waals surface area contributed by atoms with Crippen molar-refractivity contribution in [2.75, 3.05) is 7.05 Å². The molecule has 2 aromatic rings. The van der Waals surface area contributed by atoms with Gasteiger partial charge in [0.05, 0.1) is 5.56 Å². The molecule has 0 heterocycles. The van der Waals surface area contributed by atoms with Crippen molar-refractivity contribution >= 4 is 23.0 Å². The average molecular weight is 269 g/mol. The second-order valence-corrected chi connectivity index (χ2v) is 5.64. The highest BCUT2D eigenvalue weighted by atomic mass is 16.6. The van der Waals surface area contributed by atoms with Crippen LogP contribution in [0.5, 0.6) is 0 Å². The van der Waals surface area contributed by atoms with Crippen LogP contribution < -0.4 is 0 Å². The zero-order valence-corrected chi connectivity index (χ0v) is 12.3. The van der Waals surface area contributed by atoms with Crippen LogP contribution in [0.1, 0.15) is 36.7 Å². The van der Waals surface area contributed by atoms with Gasteiger partial charge in [0.2, 0.25) is 0 Å². The summed E-state index contributed by atoms with van der Waals surface area (Å²) in [6, 6.07) is 11.5. The fourth-order valence-corrected chi connectivity index (χ4v) is 2.10. The van der Waals surface area contributed by atoms with Crippen LogP contribution in [-0.4, -0.2) is 24.8 Å². The first-order valence-corrected chi connectivity index (χ1v) is 6.59. The van der Waals surface area contributed by atoms with Gasteiger partial charge in [-0.1, -0.05) is 30.3 Å². The van der Waals surface area contributed by atoms with Crippen LogP contribution in [0.25, 0.3) is 10.8 Å². The van der Waals surface area contributed by atoms with Crippen molar-refractivity contribution in [3.8, 4) is 0 Å². The lowest BCUT2D eigenvalue weighted by Gasteiger charge is -2.20. The molecule has 2 aromatic carbocycles. The Morgan fingerprint density at radius 2 is 1.75 bits per heavy atom. The minimum absolute atomic E-state index is 0.298. The molecule has 0 aliphatic carbocycles. The largest absolute Gasteiger partial charge is 0.456 e. The van der Waals surface area contributed by atoms with Crippen LogP contribution >= 0.6 is 0 Å². The lowest BCUT2D eigenvalue weighted by Crippen LogP contribution is -2.24. The van der Waals surface area contributed by atoms with Crippen LogP contribution in [0.2, 0.25) is 0 Å². The minimum Gasteiger partial charge on any atom is -0.456 e. The average Bonchev–Trinajstić information content (AvgIpc) is 2.37. The monoisotopic (exact) mass is 269 g/mol. The molecule has 0 saturated heterocycles. The van der Waals surface area contributed by atoms with Gasteiger partial charge in [-0.2, -0.15) is 0 Å². The quantitative estimate of drug-likeness (QED) is 0.613. The van der Waals surface area contributed by atoms with Gasteiger partial charge in [0, 0.05) is 18.8 Å². The number of benzene rings is 2. The van der Waals surface area contributed by atoms with Crippen molar-refractivity contribution in [1.29, 1.82) is 0 Å². The molecule has 0 spiro atoms. The Labute approximate surface area is 119 Å². The maximum absolute atomic E-state index is 12.3. The van der Waals surface area contributed by atoms with E-state index in [9.17, 15) is 4.79 Å². The van der Waals surface area contributed by atoms with Gasteiger partial charge in [-0.25, -0.2) is 4.79 Å². The van der Waals surface area contributed by atoms with Crippen LogP contribution in [0.3, 0.4) is 0 Å². The molecule has 0 aromatic heterocycles. The number of carbonyl (C=O) groups excluding carboxylic acids is 1. The Bertz CT molecular complexity index is 666. The zero-order chi connectivity index (χ0) is 14.8. The Morgan fingerprint density at radius 3 is 2.40 bits per heavy atom. The van der Waals surface area contributed by atoms with Gasteiger partial charge in [0.15, 0.2) is 0 Å². The molecule has 0 unspecified atom stereocenters. The molecule has 20 heavy (non-hydrogen) atoms. The van der Waals surface area contributed by atoms with E-state index in [-0.39, 0.29) is 5.97 Å². The van der Waals surface area contributed by atoms with Gasteiger partial charge in [-0.05, 0) is 37.6 Å². The first kappa shape index (κ1) is 14.3. The van der Waals surface area contributed by atoms with E-state index >= 15 is 0 Å². The summed E-state index contributed by atoms with van der Waals surface area (Å²) < 4.78 is 5.46. The highest BCUT2D eigenvalue weighted by Crippen LogP contribution is 2.23. The summed E-state index contributed by atoms with van der Waals surface area (Å²) in [6.07, 6.45) is 1.79. The molecular weight excluding hydrogens is 250 g/mol. The van der Waals surface area contributed by atoms with E-state index in [1.54, 1.807) is 19.3 Å². The summed E-state index contributed by atoms with van der Waals surface area (Å²) in [6.45, 7) is 5.60. The minimum atomic E-state index is -0.498. The van der Waals surface area contributed by atoms with Gasteiger partial charge in [0.25, 0.3) is 0 Å². The second-order valence-electron chi connectivity index (χ2n) is 5.64. The zero-order valence-electron chi connectivity index (χ0n) is 12.3. The Hall–Kier alpha value is -2.16. The highest BCUT2D eigenvalue weighted by molar-refractivity contribution is 6.09. The third kappa shape index (κ3) is 3.05. The Kier molecular flexibility index (Phi) is 3.89. The maximum atomic E-state index is 12.3. The van der Waals surface area contributed by atoms with E-state index < -0.39 is 5.60 Å². The van der Waals surface area contributed by atoms with Gasteiger partial charge >= 0.3 is 5.97 Å².